The minimum absolute atomic E-state index is 0.00356. The summed E-state index contributed by atoms with van der Waals surface area (Å²) in [4.78, 5) is 17.7. The van der Waals surface area contributed by atoms with Crippen LogP contribution in [0.15, 0.2) is 41.5 Å². The van der Waals surface area contributed by atoms with Crippen molar-refractivity contribution in [2.45, 2.75) is 46.1 Å². The lowest BCUT2D eigenvalue weighted by Gasteiger charge is -2.43. The number of halogens is 1. The normalized spacial score (nSPS) is 33.4. The zero-order chi connectivity index (χ0) is 21.8. The summed E-state index contributed by atoms with van der Waals surface area (Å²) in [6.07, 6.45) is 8.07. The van der Waals surface area contributed by atoms with Gasteiger partial charge in [-0.05, 0) is 61.8 Å². The highest BCUT2D eigenvalue weighted by molar-refractivity contribution is 6.30. The summed E-state index contributed by atoms with van der Waals surface area (Å²) >= 11 is 6.23. The molecule has 4 atom stereocenters. The monoisotopic (exact) mass is 440 g/mol. The molecule has 0 radical (unpaired) electrons. The van der Waals surface area contributed by atoms with Gasteiger partial charge in [0.25, 0.3) is 0 Å². The topological polar surface area (TPSA) is 32.8 Å². The Balaban J connectivity index is 1.28. The first-order chi connectivity index (χ1) is 14.8. The summed E-state index contributed by atoms with van der Waals surface area (Å²) in [6.45, 7) is 11.3. The van der Waals surface area contributed by atoms with Crippen molar-refractivity contribution in [2.24, 2.45) is 17.3 Å². The maximum atomic E-state index is 12.9. The Kier molecular flexibility index (Phi) is 5.42. The second-order valence-corrected chi connectivity index (χ2v) is 10.6. The fourth-order valence-corrected chi connectivity index (χ4v) is 6.38. The molecule has 4 aliphatic rings. The summed E-state index contributed by atoms with van der Waals surface area (Å²) in [6, 6.07) is 6.10. The first-order valence-corrected chi connectivity index (χ1v) is 12.1. The van der Waals surface area contributed by atoms with Gasteiger partial charge < -0.3 is 9.64 Å². The number of ether oxygens (including phenoxy) is 1. The van der Waals surface area contributed by atoms with E-state index in [1.54, 1.807) is 0 Å². The number of rotatable bonds is 3. The van der Waals surface area contributed by atoms with Crippen molar-refractivity contribution in [2.75, 3.05) is 37.6 Å². The van der Waals surface area contributed by atoms with Gasteiger partial charge in [-0.2, -0.15) is 0 Å². The smallest absolute Gasteiger partial charge is 0.311 e. The van der Waals surface area contributed by atoms with E-state index in [9.17, 15) is 4.79 Å². The number of hydrogen-bond donors (Lipinski definition) is 0. The summed E-state index contributed by atoms with van der Waals surface area (Å²) in [5.41, 5.74) is 5.51. The van der Waals surface area contributed by atoms with Gasteiger partial charge in [-0.3, -0.25) is 9.69 Å². The maximum absolute atomic E-state index is 12.9. The minimum Gasteiger partial charge on any atom is -0.461 e. The highest BCUT2D eigenvalue weighted by Gasteiger charge is 2.51. The molecular weight excluding hydrogens is 408 g/mol. The van der Waals surface area contributed by atoms with Gasteiger partial charge in [0.05, 0.1) is 5.92 Å². The summed E-state index contributed by atoms with van der Waals surface area (Å²) in [7, 11) is 0. The second-order valence-electron chi connectivity index (χ2n) is 10.1. The van der Waals surface area contributed by atoms with E-state index in [0.29, 0.717) is 0 Å². The molecule has 2 heterocycles. The molecule has 1 aromatic carbocycles. The number of nitrogens with zero attached hydrogens (tertiary/aromatic N) is 2. The number of benzene rings is 1. The van der Waals surface area contributed by atoms with Gasteiger partial charge in [-0.25, -0.2) is 0 Å². The molecule has 31 heavy (non-hydrogen) atoms. The van der Waals surface area contributed by atoms with E-state index in [2.05, 4.69) is 54.9 Å². The molecule has 1 unspecified atom stereocenters. The van der Waals surface area contributed by atoms with Crippen LogP contribution < -0.4 is 4.90 Å². The lowest BCUT2D eigenvalue weighted by molar-refractivity contribution is -0.145. The van der Waals surface area contributed by atoms with Gasteiger partial charge >= 0.3 is 5.97 Å². The zero-order valence-electron chi connectivity index (χ0n) is 18.9. The summed E-state index contributed by atoms with van der Waals surface area (Å²) in [5, 5.41) is 0.784. The highest BCUT2D eigenvalue weighted by Crippen LogP contribution is 2.52. The number of anilines is 1. The zero-order valence-corrected chi connectivity index (χ0v) is 19.6. The Morgan fingerprint density at radius 3 is 2.74 bits per heavy atom. The first kappa shape index (κ1) is 21.1. The van der Waals surface area contributed by atoms with Gasteiger partial charge in [0.15, 0.2) is 0 Å². The molecule has 0 aromatic heterocycles. The van der Waals surface area contributed by atoms with Gasteiger partial charge in [0.1, 0.15) is 6.10 Å². The van der Waals surface area contributed by atoms with Crippen LogP contribution in [-0.2, 0) is 9.53 Å². The van der Waals surface area contributed by atoms with Gasteiger partial charge in [0, 0.05) is 49.4 Å². The van der Waals surface area contributed by atoms with Crippen molar-refractivity contribution in [1.29, 1.82) is 0 Å². The van der Waals surface area contributed by atoms with Crippen molar-refractivity contribution in [3.8, 4) is 0 Å². The predicted molar refractivity (Wildman–Crippen MR) is 126 cm³/mol. The van der Waals surface area contributed by atoms with E-state index < -0.39 is 0 Å². The van der Waals surface area contributed by atoms with Crippen LogP contribution in [0.1, 0.15) is 38.7 Å². The number of fused-ring (bicyclic) bond motifs is 2. The maximum Gasteiger partial charge on any atom is 0.311 e. The van der Waals surface area contributed by atoms with E-state index >= 15 is 0 Å². The fraction of sp³-hybridized carbons (Fsp3) is 0.577. The van der Waals surface area contributed by atoms with Crippen LogP contribution in [-0.4, -0.2) is 49.7 Å². The lowest BCUT2D eigenvalue weighted by Crippen LogP contribution is -2.49. The van der Waals surface area contributed by atoms with Crippen molar-refractivity contribution in [3.63, 3.8) is 0 Å². The highest BCUT2D eigenvalue weighted by atomic mass is 35.5. The van der Waals surface area contributed by atoms with E-state index in [-0.39, 0.29) is 29.3 Å². The average molecular weight is 441 g/mol. The van der Waals surface area contributed by atoms with Gasteiger partial charge in [-0.1, -0.05) is 42.3 Å². The fourth-order valence-electron chi connectivity index (χ4n) is 6.21. The van der Waals surface area contributed by atoms with Crippen molar-refractivity contribution >= 4 is 23.3 Å². The quantitative estimate of drug-likeness (QED) is 0.619. The number of hydrogen-bond acceptors (Lipinski definition) is 4. The molecule has 2 aliphatic carbocycles. The Hall–Kier alpha value is -1.78. The molecule has 2 saturated heterocycles. The molecule has 0 spiro atoms. The predicted octanol–water partition coefficient (Wildman–Crippen LogP) is 5.00. The standard InChI is InChI=1S/C26H33ClN2O2/c1-17-5-4-8-26(3)15-24-20(14-22(17)26)21(25(30)31-24)16-28-9-11-29(12-10-28)23-13-19(27)7-6-18(23)2/h5-7,13-14,20-21,24H,4,8-12,15-16H2,1-3H3/t20-,21?,24-,26-/m1/s1. The van der Waals surface area contributed by atoms with Gasteiger partial charge in [-0.15, -0.1) is 0 Å². The average Bonchev–Trinajstić information content (AvgIpc) is 3.02. The molecule has 2 aliphatic heterocycles. The molecule has 166 valence electrons. The third kappa shape index (κ3) is 3.82. The van der Waals surface area contributed by atoms with Crippen molar-refractivity contribution < 1.29 is 9.53 Å². The summed E-state index contributed by atoms with van der Waals surface area (Å²) < 4.78 is 5.93. The van der Waals surface area contributed by atoms with E-state index in [1.807, 2.05) is 6.07 Å². The molecule has 2 fully saturated rings. The molecule has 0 bridgehead atoms. The number of carbonyl (C=O) groups is 1. The molecule has 1 aromatic rings. The number of aryl methyl sites for hydroxylation is 1. The Morgan fingerprint density at radius 2 is 1.97 bits per heavy atom. The van der Waals surface area contributed by atoms with Crippen LogP contribution in [0.2, 0.25) is 5.02 Å². The Morgan fingerprint density at radius 1 is 1.19 bits per heavy atom. The number of allylic oxidation sites excluding steroid dienone is 3. The van der Waals surface area contributed by atoms with Crippen LogP contribution in [0.25, 0.3) is 0 Å². The van der Waals surface area contributed by atoms with Crippen LogP contribution in [0.3, 0.4) is 0 Å². The number of esters is 1. The first-order valence-electron chi connectivity index (χ1n) is 11.7. The largest absolute Gasteiger partial charge is 0.461 e. The van der Waals surface area contributed by atoms with E-state index in [4.69, 9.17) is 16.3 Å². The molecule has 5 heteroatoms. The van der Waals surface area contributed by atoms with E-state index in [0.717, 1.165) is 57.0 Å². The van der Waals surface area contributed by atoms with Crippen LogP contribution in [0, 0.1) is 24.2 Å². The van der Waals surface area contributed by atoms with Crippen LogP contribution in [0.4, 0.5) is 5.69 Å². The van der Waals surface area contributed by atoms with Crippen LogP contribution in [0.5, 0.6) is 0 Å². The minimum atomic E-state index is -0.0452. The van der Waals surface area contributed by atoms with Crippen LogP contribution >= 0.6 is 11.6 Å². The lowest BCUT2D eigenvalue weighted by atomic mass is 9.62. The number of piperazine rings is 1. The second kappa shape index (κ2) is 7.97. The molecule has 0 saturated carbocycles. The third-order valence-electron chi connectivity index (χ3n) is 8.04. The third-order valence-corrected chi connectivity index (χ3v) is 8.27. The molecule has 4 nitrogen and oxygen atoms in total. The summed E-state index contributed by atoms with van der Waals surface area (Å²) in [5.74, 6) is 0.172. The Bertz CT molecular complexity index is 947. The van der Waals surface area contributed by atoms with Gasteiger partial charge in [0.2, 0.25) is 0 Å². The SMILES string of the molecule is CC1=CCC[C@]2(C)C[C@H]3OC(=O)C(CN4CCN(c5cc(Cl)ccc5C)CC4)[C@H]3C=C12. The Labute approximate surface area is 190 Å². The number of carbonyl (C=O) groups excluding carboxylic acids is 1. The van der Waals surface area contributed by atoms with E-state index in [1.165, 1.54) is 22.4 Å². The molecule has 5 rings (SSSR count). The molecule has 0 N–H and O–H groups in total. The van der Waals surface area contributed by atoms with Crippen molar-refractivity contribution in [1.82, 2.24) is 4.90 Å². The van der Waals surface area contributed by atoms with Crippen molar-refractivity contribution in [3.05, 3.63) is 52.1 Å². The molecular formula is C26H33ClN2O2. The molecule has 0 amide bonds.